The minimum absolute atomic E-state index is 0.152. The lowest BCUT2D eigenvalue weighted by atomic mass is 9.98. The van der Waals surface area contributed by atoms with E-state index in [1.54, 1.807) is 0 Å². The first-order chi connectivity index (χ1) is 34.0. The van der Waals surface area contributed by atoms with Gasteiger partial charge in [0.2, 0.25) is 0 Å². The van der Waals surface area contributed by atoms with Crippen LogP contribution in [0.15, 0.2) is 24.3 Å². The first-order valence-electron chi connectivity index (χ1n) is 27.9. The smallest absolute Gasteiger partial charge is 0.306 e. The van der Waals surface area contributed by atoms with Crippen LogP contribution >= 0.6 is 0 Å². The van der Waals surface area contributed by atoms with Crippen molar-refractivity contribution >= 4 is 11.9 Å². The zero-order valence-corrected chi connectivity index (χ0v) is 43.5. The molecular weight excluding hydrogens is 901 g/mol. The van der Waals surface area contributed by atoms with Gasteiger partial charge in [-0.1, -0.05) is 186 Å². The predicted molar refractivity (Wildman–Crippen MR) is 271 cm³/mol. The van der Waals surface area contributed by atoms with E-state index in [1.807, 2.05) is 0 Å². The van der Waals surface area contributed by atoms with Gasteiger partial charge < -0.3 is 64.2 Å². The lowest BCUT2D eigenvalue weighted by molar-refractivity contribution is -0.332. The third kappa shape index (κ3) is 29.6. The average Bonchev–Trinajstić information content (AvgIpc) is 3.35. The molecule has 0 aromatic carbocycles. The normalized spacial score (nSPS) is 25.5. The number of ether oxygens (including phenoxy) is 6. The third-order valence-electron chi connectivity index (χ3n) is 13.4. The molecule has 2 fully saturated rings. The van der Waals surface area contributed by atoms with Crippen molar-refractivity contribution in [3.05, 3.63) is 24.3 Å². The van der Waals surface area contributed by atoms with Crippen LogP contribution in [-0.2, 0) is 38.0 Å². The number of aliphatic hydroxyl groups excluding tert-OH is 7. The molecule has 11 unspecified atom stereocenters. The molecule has 2 rings (SSSR count). The van der Waals surface area contributed by atoms with Crippen LogP contribution < -0.4 is 0 Å². The van der Waals surface area contributed by atoms with E-state index >= 15 is 0 Å². The fraction of sp³-hybridized carbons (Fsp3) is 0.891. The highest BCUT2D eigenvalue weighted by molar-refractivity contribution is 5.70. The van der Waals surface area contributed by atoms with Gasteiger partial charge in [-0.15, -0.1) is 0 Å². The van der Waals surface area contributed by atoms with Crippen LogP contribution in [0.25, 0.3) is 0 Å². The van der Waals surface area contributed by atoms with Gasteiger partial charge in [0.1, 0.15) is 55.4 Å². The maximum Gasteiger partial charge on any atom is 0.306 e. The molecule has 2 saturated heterocycles. The number of aliphatic hydroxyl groups is 7. The molecule has 2 aliphatic rings. The largest absolute Gasteiger partial charge is 0.462 e. The number of hydrogen-bond donors (Lipinski definition) is 7. The second kappa shape index (κ2) is 42.3. The first-order valence-corrected chi connectivity index (χ1v) is 27.9. The zero-order chi connectivity index (χ0) is 51.0. The molecule has 410 valence electrons. The Balaban J connectivity index is 1.77. The van der Waals surface area contributed by atoms with E-state index in [2.05, 4.69) is 38.2 Å². The summed E-state index contributed by atoms with van der Waals surface area (Å²) in [6.45, 7) is 2.58. The molecule has 0 aromatic heterocycles. The summed E-state index contributed by atoms with van der Waals surface area (Å²) >= 11 is 0. The number of unbranched alkanes of at least 4 members (excludes halogenated alkanes) is 26. The summed E-state index contributed by atoms with van der Waals surface area (Å²) in [6, 6.07) is 0. The summed E-state index contributed by atoms with van der Waals surface area (Å²) < 4.78 is 33.6. The van der Waals surface area contributed by atoms with Crippen molar-refractivity contribution in [2.24, 2.45) is 0 Å². The number of hydrogen-bond acceptors (Lipinski definition) is 15. The first kappa shape index (κ1) is 64.1. The predicted octanol–water partition coefficient (Wildman–Crippen LogP) is 8.72. The summed E-state index contributed by atoms with van der Waals surface area (Å²) in [7, 11) is 0. The second-order valence-electron chi connectivity index (χ2n) is 19.8. The second-order valence-corrected chi connectivity index (χ2v) is 19.8. The summed E-state index contributed by atoms with van der Waals surface area (Å²) in [5.74, 6) is -0.930. The van der Waals surface area contributed by atoms with Crippen molar-refractivity contribution < 1.29 is 73.8 Å². The maximum atomic E-state index is 13.0. The quantitative estimate of drug-likeness (QED) is 0.0172. The Kier molecular flexibility index (Phi) is 38.8. The van der Waals surface area contributed by atoms with Crippen molar-refractivity contribution in [1.29, 1.82) is 0 Å². The number of carbonyl (C=O) groups excluding carboxylic acids is 2. The number of esters is 2. The fourth-order valence-electron chi connectivity index (χ4n) is 8.84. The highest BCUT2D eigenvalue weighted by Crippen LogP contribution is 2.27. The molecule has 0 spiro atoms. The Morgan fingerprint density at radius 1 is 0.457 bits per heavy atom. The highest BCUT2D eigenvalue weighted by Gasteiger charge is 2.47. The molecule has 0 radical (unpaired) electrons. The topological polar surface area (TPSA) is 231 Å². The monoisotopic (exact) mass is 1000 g/mol. The SMILES string of the molecule is CCCCC/C=C\C/C=C\CCCCCCCC(=O)OC(COC(=O)CCCCCCCCCCCCCCCCCCCCC)COC1OC(COC2OC(CO)C(O)C(O)C2O)C(O)C(O)C1O. The number of allylic oxidation sites excluding steroid dienone is 4. The summed E-state index contributed by atoms with van der Waals surface area (Å²) in [5, 5.41) is 72.2. The molecule has 0 saturated carbocycles. The summed E-state index contributed by atoms with van der Waals surface area (Å²) in [6.07, 6.45) is 27.7. The van der Waals surface area contributed by atoms with Crippen molar-refractivity contribution in [1.82, 2.24) is 0 Å². The Labute approximate surface area is 422 Å². The van der Waals surface area contributed by atoms with Crippen LogP contribution in [0, 0.1) is 0 Å². The lowest BCUT2D eigenvalue weighted by Crippen LogP contribution is -2.61. The number of carbonyl (C=O) groups is 2. The van der Waals surface area contributed by atoms with Crippen LogP contribution in [0.5, 0.6) is 0 Å². The Morgan fingerprint density at radius 3 is 1.36 bits per heavy atom. The van der Waals surface area contributed by atoms with Gasteiger partial charge in [0, 0.05) is 12.8 Å². The Bertz CT molecular complexity index is 1310. The molecule has 70 heavy (non-hydrogen) atoms. The van der Waals surface area contributed by atoms with Crippen molar-refractivity contribution in [2.45, 2.75) is 287 Å². The fourth-order valence-corrected chi connectivity index (χ4v) is 8.84. The van der Waals surface area contributed by atoms with E-state index in [0.29, 0.717) is 12.8 Å². The molecule has 2 heterocycles. The van der Waals surface area contributed by atoms with Gasteiger partial charge in [-0.3, -0.25) is 9.59 Å². The third-order valence-corrected chi connectivity index (χ3v) is 13.4. The van der Waals surface area contributed by atoms with Crippen LogP contribution in [0.2, 0.25) is 0 Å². The number of rotatable bonds is 44. The van der Waals surface area contributed by atoms with E-state index in [9.17, 15) is 45.3 Å². The lowest BCUT2D eigenvalue weighted by Gasteiger charge is -2.42. The average molecular weight is 1000 g/mol. The van der Waals surface area contributed by atoms with Crippen molar-refractivity contribution in [3.63, 3.8) is 0 Å². The summed E-state index contributed by atoms with van der Waals surface area (Å²) in [4.78, 5) is 25.8. The molecule has 15 heteroatoms. The van der Waals surface area contributed by atoms with E-state index in [4.69, 9.17) is 28.4 Å². The van der Waals surface area contributed by atoms with E-state index < -0.39 is 92.7 Å². The van der Waals surface area contributed by atoms with Crippen LogP contribution in [0.4, 0.5) is 0 Å². The Hall–Kier alpha value is -2.02. The van der Waals surface area contributed by atoms with Crippen LogP contribution in [-0.4, -0.2) is 142 Å². The van der Waals surface area contributed by atoms with Gasteiger partial charge in [-0.25, -0.2) is 0 Å². The van der Waals surface area contributed by atoms with Gasteiger partial charge in [0.25, 0.3) is 0 Å². The van der Waals surface area contributed by atoms with Gasteiger partial charge in [-0.2, -0.15) is 0 Å². The maximum absolute atomic E-state index is 13.0. The standard InChI is InChI=1S/C55H100O15/c1-3-5-7-9-11-13-15-17-19-20-21-22-24-25-27-29-31-33-35-37-46(57)65-40-43(68-47(58)38-36-34-32-30-28-26-23-18-16-14-12-10-8-6-4-2)41-66-54-53(64)51(62)49(60)45(70-54)42-67-55-52(63)50(61)48(59)44(39-56)69-55/h12,14,18,23,43-45,48-56,59-64H,3-11,13,15-17,19-22,24-42H2,1-2H3/b14-12-,23-18-. The molecule has 15 nitrogen and oxygen atoms in total. The van der Waals surface area contributed by atoms with E-state index in [0.717, 1.165) is 64.2 Å². The van der Waals surface area contributed by atoms with Crippen molar-refractivity contribution in [3.8, 4) is 0 Å². The molecule has 2 aliphatic heterocycles. The van der Waals surface area contributed by atoms with E-state index in [1.165, 1.54) is 116 Å². The van der Waals surface area contributed by atoms with Crippen molar-refractivity contribution in [2.75, 3.05) is 26.4 Å². The Morgan fingerprint density at radius 2 is 0.857 bits per heavy atom. The summed E-state index contributed by atoms with van der Waals surface area (Å²) in [5.41, 5.74) is 0. The molecule has 11 atom stereocenters. The molecule has 0 aromatic rings. The molecular formula is C55H100O15. The van der Waals surface area contributed by atoms with Gasteiger partial charge in [0.05, 0.1) is 19.8 Å². The molecule has 7 N–H and O–H groups in total. The molecule has 0 amide bonds. The van der Waals surface area contributed by atoms with Gasteiger partial charge >= 0.3 is 11.9 Å². The van der Waals surface area contributed by atoms with E-state index in [-0.39, 0.29) is 26.1 Å². The highest BCUT2D eigenvalue weighted by atomic mass is 16.7. The minimum Gasteiger partial charge on any atom is -0.462 e. The minimum atomic E-state index is -1.77. The van der Waals surface area contributed by atoms with Crippen LogP contribution in [0.1, 0.15) is 219 Å². The van der Waals surface area contributed by atoms with Gasteiger partial charge in [0.15, 0.2) is 18.7 Å². The van der Waals surface area contributed by atoms with Gasteiger partial charge in [-0.05, 0) is 44.9 Å². The van der Waals surface area contributed by atoms with Crippen LogP contribution in [0.3, 0.4) is 0 Å². The zero-order valence-electron chi connectivity index (χ0n) is 43.5. The molecule has 0 aliphatic carbocycles. The molecule has 0 bridgehead atoms.